The van der Waals surface area contributed by atoms with Gasteiger partial charge in [-0.15, -0.1) is 0 Å². The fraction of sp³-hybridized carbons (Fsp3) is 0.368. The van der Waals surface area contributed by atoms with E-state index < -0.39 is 0 Å². The zero-order chi connectivity index (χ0) is 16.1. The van der Waals surface area contributed by atoms with Crippen molar-refractivity contribution in [1.29, 1.82) is 0 Å². The first kappa shape index (κ1) is 15.5. The van der Waals surface area contributed by atoms with Crippen molar-refractivity contribution in [2.24, 2.45) is 0 Å². The third-order valence-corrected chi connectivity index (χ3v) is 4.18. The molecule has 2 aromatic rings. The second kappa shape index (κ2) is 7.27. The molecule has 0 spiro atoms. The van der Waals surface area contributed by atoms with Gasteiger partial charge in [0.15, 0.2) is 0 Å². The predicted molar refractivity (Wildman–Crippen MR) is 87.9 cm³/mol. The minimum Gasteiger partial charge on any atom is -0.462 e. The number of ether oxygens (including phenoxy) is 2. The molecule has 23 heavy (non-hydrogen) atoms. The van der Waals surface area contributed by atoms with E-state index in [1.807, 2.05) is 12.1 Å². The average molecular weight is 311 g/mol. The van der Waals surface area contributed by atoms with E-state index in [4.69, 9.17) is 9.47 Å². The summed E-state index contributed by atoms with van der Waals surface area (Å²) in [5, 5.41) is 0. The molecule has 1 aliphatic rings. The molecule has 4 nitrogen and oxygen atoms in total. The monoisotopic (exact) mass is 311 g/mol. The number of carbonyl (C=O) groups excluding carboxylic acids is 1. The Morgan fingerprint density at radius 2 is 1.87 bits per heavy atom. The highest BCUT2D eigenvalue weighted by molar-refractivity contribution is 5.89. The van der Waals surface area contributed by atoms with E-state index in [1.165, 1.54) is 37.4 Å². The average Bonchev–Trinajstić information content (AvgIpc) is 3.11. The van der Waals surface area contributed by atoms with Crippen molar-refractivity contribution >= 4 is 5.97 Å². The van der Waals surface area contributed by atoms with Crippen LogP contribution in [-0.4, -0.2) is 17.6 Å². The molecule has 120 valence electrons. The van der Waals surface area contributed by atoms with Crippen LogP contribution >= 0.6 is 0 Å². The number of aromatic nitrogens is 1. The number of esters is 1. The quantitative estimate of drug-likeness (QED) is 0.750. The highest BCUT2D eigenvalue weighted by Crippen LogP contribution is 2.34. The zero-order valence-electron chi connectivity index (χ0n) is 13.3. The highest BCUT2D eigenvalue weighted by Gasteiger charge is 2.16. The van der Waals surface area contributed by atoms with Crippen LogP contribution in [0, 0.1) is 0 Å². The van der Waals surface area contributed by atoms with E-state index in [0.717, 1.165) is 5.75 Å². The lowest BCUT2D eigenvalue weighted by Crippen LogP contribution is -2.04. The molecule has 0 aliphatic heterocycles. The van der Waals surface area contributed by atoms with Gasteiger partial charge in [-0.05, 0) is 49.4 Å². The summed E-state index contributed by atoms with van der Waals surface area (Å²) in [6.07, 6.45) is 6.72. The second-order valence-corrected chi connectivity index (χ2v) is 5.76. The van der Waals surface area contributed by atoms with Gasteiger partial charge in [0.1, 0.15) is 5.75 Å². The van der Waals surface area contributed by atoms with Crippen LogP contribution in [-0.2, 0) is 4.74 Å². The molecule has 4 heteroatoms. The van der Waals surface area contributed by atoms with Crippen molar-refractivity contribution in [3.05, 3.63) is 53.7 Å². The summed E-state index contributed by atoms with van der Waals surface area (Å²) in [5.74, 6) is 1.55. The van der Waals surface area contributed by atoms with Gasteiger partial charge in [0.2, 0.25) is 5.88 Å². The lowest BCUT2D eigenvalue weighted by atomic mass is 9.98. The summed E-state index contributed by atoms with van der Waals surface area (Å²) in [6.45, 7) is 2.13. The molecule has 1 aliphatic carbocycles. The van der Waals surface area contributed by atoms with Crippen molar-refractivity contribution in [3.8, 4) is 11.6 Å². The van der Waals surface area contributed by atoms with Gasteiger partial charge in [-0.1, -0.05) is 25.0 Å². The van der Waals surface area contributed by atoms with Crippen LogP contribution in [0.3, 0.4) is 0 Å². The molecule has 0 bridgehead atoms. The van der Waals surface area contributed by atoms with Crippen molar-refractivity contribution in [2.75, 3.05) is 6.61 Å². The molecule has 3 rings (SSSR count). The number of pyridine rings is 1. The van der Waals surface area contributed by atoms with Crippen LogP contribution in [0.25, 0.3) is 0 Å². The Balaban J connectivity index is 1.63. The number of rotatable bonds is 5. The van der Waals surface area contributed by atoms with Crippen molar-refractivity contribution in [3.63, 3.8) is 0 Å². The maximum atomic E-state index is 11.6. The van der Waals surface area contributed by atoms with Crippen LogP contribution in [0.2, 0.25) is 0 Å². The van der Waals surface area contributed by atoms with Gasteiger partial charge in [-0.3, -0.25) is 0 Å². The molecule has 0 N–H and O–H groups in total. The Labute approximate surface area is 136 Å². The largest absolute Gasteiger partial charge is 0.462 e. The molecule has 0 radical (unpaired) electrons. The summed E-state index contributed by atoms with van der Waals surface area (Å²) in [5.41, 5.74) is 1.82. The van der Waals surface area contributed by atoms with Crippen LogP contribution in [0.15, 0.2) is 42.6 Å². The Morgan fingerprint density at radius 3 is 2.48 bits per heavy atom. The minimum absolute atomic E-state index is 0.352. The number of benzene rings is 1. The first-order valence-corrected chi connectivity index (χ1v) is 8.17. The lowest BCUT2D eigenvalue weighted by molar-refractivity contribution is 0.0526. The maximum absolute atomic E-state index is 11.6. The Morgan fingerprint density at radius 1 is 1.13 bits per heavy atom. The molecule has 1 heterocycles. The van der Waals surface area contributed by atoms with Crippen LogP contribution in [0.5, 0.6) is 11.6 Å². The minimum atomic E-state index is -0.368. The van der Waals surface area contributed by atoms with Gasteiger partial charge in [0.05, 0.1) is 12.2 Å². The molecular weight excluding hydrogens is 290 g/mol. The number of carbonyl (C=O) groups is 1. The predicted octanol–water partition coefficient (Wildman–Crippen LogP) is 4.71. The number of nitrogens with zero attached hydrogens (tertiary/aromatic N) is 1. The molecule has 1 aromatic carbocycles. The highest BCUT2D eigenvalue weighted by atomic mass is 16.5. The Bertz CT molecular complexity index is 643. The van der Waals surface area contributed by atoms with Crippen LogP contribution in [0.1, 0.15) is 54.4 Å². The Kier molecular flexibility index (Phi) is 4.91. The van der Waals surface area contributed by atoms with Gasteiger partial charge >= 0.3 is 5.97 Å². The third-order valence-electron chi connectivity index (χ3n) is 4.18. The fourth-order valence-electron chi connectivity index (χ4n) is 2.96. The molecule has 0 unspecified atom stereocenters. The summed E-state index contributed by atoms with van der Waals surface area (Å²) in [6, 6.07) is 11.6. The zero-order valence-corrected chi connectivity index (χ0v) is 13.3. The molecular formula is C19H21NO3. The summed E-state index contributed by atoms with van der Waals surface area (Å²) < 4.78 is 10.7. The van der Waals surface area contributed by atoms with Crippen LogP contribution < -0.4 is 4.74 Å². The lowest BCUT2D eigenvalue weighted by Gasteiger charge is -2.10. The molecule has 1 aromatic heterocycles. The summed E-state index contributed by atoms with van der Waals surface area (Å²) >= 11 is 0. The van der Waals surface area contributed by atoms with Gasteiger partial charge in [-0.25, -0.2) is 9.78 Å². The van der Waals surface area contributed by atoms with Crippen molar-refractivity contribution < 1.29 is 14.3 Å². The molecule has 0 amide bonds. The summed E-state index contributed by atoms with van der Waals surface area (Å²) in [4.78, 5) is 15.7. The SMILES string of the molecule is CCOC(=O)c1ccc(Oc2ccc(C3CCCC3)cc2)nc1. The van der Waals surface area contributed by atoms with Crippen molar-refractivity contribution in [1.82, 2.24) is 4.98 Å². The first-order chi connectivity index (χ1) is 11.3. The first-order valence-electron chi connectivity index (χ1n) is 8.17. The summed E-state index contributed by atoms with van der Waals surface area (Å²) in [7, 11) is 0. The topological polar surface area (TPSA) is 48.4 Å². The van der Waals surface area contributed by atoms with E-state index >= 15 is 0 Å². The van der Waals surface area contributed by atoms with Gasteiger partial charge in [-0.2, -0.15) is 0 Å². The van der Waals surface area contributed by atoms with Crippen LogP contribution in [0.4, 0.5) is 0 Å². The number of hydrogen-bond donors (Lipinski definition) is 0. The maximum Gasteiger partial charge on any atom is 0.339 e. The van der Waals surface area contributed by atoms with E-state index in [1.54, 1.807) is 19.1 Å². The van der Waals surface area contributed by atoms with Gasteiger partial charge in [0, 0.05) is 12.3 Å². The normalized spacial score (nSPS) is 14.7. The van der Waals surface area contributed by atoms with E-state index in [9.17, 15) is 4.79 Å². The number of hydrogen-bond acceptors (Lipinski definition) is 4. The van der Waals surface area contributed by atoms with E-state index in [0.29, 0.717) is 24.0 Å². The van der Waals surface area contributed by atoms with Crippen molar-refractivity contribution in [2.45, 2.75) is 38.5 Å². The third kappa shape index (κ3) is 3.89. The second-order valence-electron chi connectivity index (χ2n) is 5.76. The smallest absolute Gasteiger partial charge is 0.339 e. The fourth-order valence-corrected chi connectivity index (χ4v) is 2.96. The molecule has 1 saturated carbocycles. The molecule has 1 fully saturated rings. The molecule has 0 saturated heterocycles. The molecule has 0 atom stereocenters. The van der Waals surface area contributed by atoms with E-state index in [2.05, 4.69) is 17.1 Å². The standard InChI is InChI=1S/C19H21NO3/c1-2-22-19(21)16-9-12-18(20-13-16)23-17-10-7-15(8-11-17)14-5-3-4-6-14/h7-14H,2-6H2,1H3. The van der Waals surface area contributed by atoms with Gasteiger partial charge < -0.3 is 9.47 Å². The van der Waals surface area contributed by atoms with Gasteiger partial charge in [0.25, 0.3) is 0 Å². The Hall–Kier alpha value is -2.36. The van der Waals surface area contributed by atoms with E-state index in [-0.39, 0.29) is 5.97 Å².